The summed E-state index contributed by atoms with van der Waals surface area (Å²) in [6.45, 7) is 5.57. The van der Waals surface area contributed by atoms with Crippen molar-refractivity contribution in [1.29, 1.82) is 0 Å². The zero-order valence-corrected chi connectivity index (χ0v) is 21.4. The number of anilines is 1. The van der Waals surface area contributed by atoms with Crippen LogP contribution in [0.4, 0.5) is 5.69 Å². The first kappa shape index (κ1) is 24.4. The number of carbonyl (C=O) groups is 1. The minimum absolute atomic E-state index is 0.0749. The normalized spacial score (nSPS) is 18.5. The molecule has 0 spiro atoms. The van der Waals surface area contributed by atoms with E-state index in [1.54, 1.807) is 18.2 Å². The third-order valence-electron chi connectivity index (χ3n) is 6.52. The monoisotopic (exact) mass is 507 g/mol. The van der Waals surface area contributed by atoms with Crippen LogP contribution in [0, 0.1) is 5.92 Å². The zero-order valence-electron chi connectivity index (χ0n) is 19.0. The average molecular weight is 508 g/mol. The Balaban J connectivity index is 1.52. The van der Waals surface area contributed by atoms with Crippen molar-refractivity contribution >= 4 is 45.0 Å². The van der Waals surface area contributed by atoms with Gasteiger partial charge in [0.1, 0.15) is 0 Å². The van der Waals surface area contributed by atoms with Crippen LogP contribution in [0.1, 0.15) is 30.1 Å². The summed E-state index contributed by atoms with van der Waals surface area (Å²) in [5, 5.41) is 0.664. The Bertz CT molecular complexity index is 1110. The molecule has 0 unspecified atom stereocenters. The van der Waals surface area contributed by atoms with Gasteiger partial charge in [-0.25, -0.2) is 8.42 Å². The van der Waals surface area contributed by atoms with E-state index in [0.717, 1.165) is 36.5 Å². The van der Waals surface area contributed by atoms with Gasteiger partial charge in [0, 0.05) is 54.9 Å². The predicted molar refractivity (Wildman–Crippen MR) is 135 cm³/mol. The van der Waals surface area contributed by atoms with Crippen molar-refractivity contribution in [3.63, 3.8) is 0 Å². The van der Waals surface area contributed by atoms with Gasteiger partial charge < -0.3 is 9.80 Å². The van der Waals surface area contributed by atoms with Gasteiger partial charge in [-0.2, -0.15) is 4.31 Å². The van der Waals surface area contributed by atoms with E-state index in [9.17, 15) is 13.2 Å². The standard InChI is InChI=1S/C24H30ClN3O3S2/c1-18-8-10-27(11-9-18)24(29)22-17-21(6-7-23(22)32-2)33(30,31)28-14-12-26(13-15-28)20-5-3-4-19(25)16-20/h3-7,16-18H,8-15H2,1-2H3. The third-order valence-corrected chi connectivity index (χ3v) is 9.45. The van der Waals surface area contributed by atoms with Gasteiger partial charge in [-0.3, -0.25) is 4.79 Å². The van der Waals surface area contributed by atoms with Gasteiger partial charge >= 0.3 is 0 Å². The summed E-state index contributed by atoms with van der Waals surface area (Å²) in [6, 6.07) is 12.6. The first-order chi connectivity index (χ1) is 15.8. The van der Waals surface area contributed by atoms with Crippen LogP contribution < -0.4 is 4.90 Å². The van der Waals surface area contributed by atoms with Crippen LogP contribution in [0.25, 0.3) is 0 Å². The lowest BCUT2D eigenvalue weighted by Crippen LogP contribution is -2.48. The summed E-state index contributed by atoms with van der Waals surface area (Å²) in [4.78, 5) is 18.2. The number of amides is 1. The quantitative estimate of drug-likeness (QED) is 0.560. The van der Waals surface area contributed by atoms with Crippen LogP contribution in [0.3, 0.4) is 0 Å². The molecule has 0 bridgehead atoms. The number of sulfonamides is 1. The van der Waals surface area contributed by atoms with E-state index in [0.29, 0.717) is 42.7 Å². The molecule has 178 valence electrons. The van der Waals surface area contributed by atoms with Gasteiger partial charge in [0.25, 0.3) is 5.91 Å². The number of thioether (sulfide) groups is 1. The molecule has 1 amide bonds. The van der Waals surface area contributed by atoms with E-state index >= 15 is 0 Å². The number of rotatable bonds is 5. The van der Waals surface area contributed by atoms with Gasteiger partial charge in [0.15, 0.2) is 0 Å². The number of piperazine rings is 1. The van der Waals surface area contributed by atoms with Crippen molar-refractivity contribution in [2.24, 2.45) is 5.92 Å². The van der Waals surface area contributed by atoms with Crippen LogP contribution in [0.2, 0.25) is 5.02 Å². The summed E-state index contributed by atoms with van der Waals surface area (Å²) >= 11 is 7.58. The maximum Gasteiger partial charge on any atom is 0.255 e. The number of benzene rings is 2. The number of hydrogen-bond acceptors (Lipinski definition) is 5. The van der Waals surface area contributed by atoms with Crippen molar-refractivity contribution in [2.75, 3.05) is 50.4 Å². The van der Waals surface area contributed by atoms with Crippen molar-refractivity contribution in [2.45, 2.75) is 29.6 Å². The lowest BCUT2D eigenvalue weighted by Gasteiger charge is -2.35. The molecule has 2 aliphatic rings. The highest BCUT2D eigenvalue weighted by Gasteiger charge is 2.31. The van der Waals surface area contributed by atoms with E-state index in [-0.39, 0.29) is 10.8 Å². The molecule has 0 aromatic heterocycles. The van der Waals surface area contributed by atoms with E-state index in [2.05, 4.69) is 11.8 Å². The Morgan fingerprint density at radius 2 is 1.70 bits per heavy atom. The second kappa shape index (κ2) is 10.3. The van der Waals surface area contributed by atoms with Crippen LogP contribution in [0.15, 0.2) is 52.3 Å². The molecule has 2 heterocycles. The number of hydrogen-bond donors (Lipinski definition) is 0. The van der Waals surface area contributed by atoms with E-state index in [1.807, 2.05) is 35.4 Å². The van der Waals surface area contributed by atoms with E-state index < -0.39 is 10.0 Å². The topological polar surface area (TPSA) is 60.9 Å². The predicted octanol–water partition coefficient (Wildman–Crippen LogP) is 4.44. The molecular weight excluding hydrogens is 478 g/mol. The molecule has 33 heavy (non-hydrogen) atoms. The molecule has 4 rings (SSSR count). The molecule has 0 saturated carbocycles. The second-order valence-corrected chi connectivity index (χ2v) is 11.9. The summed E-state index contributed by atoms with van der Waals surface area (Å²) in [5.41, 5.74) is 1.48. The average Bonchev–Trinajstić information content (AvgIpc) is 2.83. The molecule has 2 fully saturated rings. The van der Waals surface area contributed by atoms with Crippen LogP contribution >= 0.6 is 23.4 Å². The molecule has 0 aliphatic carbocycles. The summed E-state index contributed by atoms with van der Waals surface area (Å²) in [5.74, 6) is 0.542. The number of nitrogens with zero attached hydrogens (tertiary/aromatic N) is 3. The lowest BCUT2D eigenvalue weighted by molar-refractivity contribution is 0.0693. The maximum atomic E-state index is 13.4. The highest BCUT2D eigenvalue weighted by atomic mass is 35.5. The molecule has 2 saturated heterocycles. The lowest BCUT2D eigenvalue weighted by atomic mass is 9.98. The summed E-state index contributed by atoms with van der Waals surface area (Å²) in [6.07, 6.45) is 3.87. The van der Waals surface area contributed by atoms with Crippen LogP contribution in [-0.4, -0.2) is 69.1 Å². The molecule has 0 radical (unpaired) electrons. The highest BCUT2D eigenvalue weighted by molar-refractivity contribution is 7.98. The SMILES string of the molecule is CSc1ccc(S(=O)(=O)N2CCN(c3cccc(Cl)c3)CC2)cc1C(=O)N1CCC(C)CC1. The van der Waals surface area contributed by atoms with Gasteiger partial charge in [-0.15, -0.1) is 11.8 Å². The fourth-order valence-electron chi connectivity index (χ4n) is 4.41. The maximum absolute atomic E-state index is 13.4. The van der Waals surface area contributed by atoms with Crippen LogP contribution in [-0.2, 0) is 10.0 Å². The Morgan fingerprint density at radius 1 is 1.00 bits per heavy atom. The minimum atomic E-state index is -3.70. The van der Waals surface area contributed by atoms with Crippen molar-refractivity contribution < 1.29 is 13.2 Å². The third kappa shape index (κ3) is 5.34. The Morgan fingerprint density at radius 3 is 2.33 bits per heavy atom. The number of piperidine rings is 1. The first-order valence-corrected chi connectivity index (χ1v) is 14.3. The van der Waals surface area contributed by atoms with Crippen molar-refractivity contribution in [3.8, 4) is 0 Å². The Kier molecular flexibility index (Phi) is 7.58. The fraction of sp³-hybridized carbons (Fsp3) is 0.458. The molecule has 2 aromatic rings. The minimum Gasteiger partial charge on any atom is -0.369 e. The number of halogens is 1. The van der Waals surface area contributed by atoms with Gasteiger partial charge in [-0.05, 0) is 61.4 Å². The van der Waals surface area contributed by atoms with E-state index in [1.165, 1.54) is 16.1 Å². The second-order valence-electron chi connectivity index (χ2n) is 8.71. The molecule has 0 atom stereocenters. The Labute approximate surface area is 205 Å². The first-order valence-electron chi connectivity index (χ1n) is 11.3. The smallest absolute Gasteiger partial charge is 0.255 e. The van der Waals surface area contributed by atoms with Crippen molar-refractivity contribution in [3.05, 3.63) is 53.1 Å². The number of likely N-dealkylation sites (tertiary alicyclic amines) is 1. The molecule has 0 N–H and O–H groups in total. The largest absolute Gasteiger partial charge is 0.369 e. The molecular formula is C24H30ClN3O3S2. The van der Waals surface area contributed by atoms with Gasteiger partial charge in [-0.1, -0.05) is 24.6 Å². The van der Waals surface area contributed by atoms with Crippen molar-refractivity contribution in [1.82, 2.24) is 9.21 Å². The fourth-order valence-corrected chi connectivity index (χ4v) is 6.61. The molecule has 2 aliphatic heterocycles. The van der Waals surface area contributed by atoms with Crippen LogP contribution in [0.5, 0.6) is 0 Å². The summed E-state index contributed by atoms with van der Waals surface area (Å²) < 4.78 is 28.4. The highest BCUT2D eigenvalue weighted by Crippen LogP contribution is 2.29. The molecule has 2 aromatic carbocycles. The molecule has 9 heteroatoms. The van der Waals surface area contributed by atoms with Gasteiger partial charge in [0.2, 0.25) is 10.0 Å². The summed E-state index contributed by atoms with van der Waals surface area (Å²) in [7, 11) is -3.70. The number of carbonyl (C=O) groups excluding carboxylic acids is 1. The molecule has 6 nitrogen and oxygen atoms in total. The van der Waals surface area contributed by atoms with E-state index in [4.69, 9.17) is 11.6 Å². The zero-order chi connectivity index (χ0) is 23.6. The van der Waals surface area contributed by atoms with Gasteiger partial charge in [0.05, 0.1) is 10.5 Å². The Hall–Kier alpha value is -1.74.